The van der Waals surface area contributed by atoms with Crippen LogP contribution in [0, 0.1) is 5.82 Å². The molecule has 1 saturated heterocycles. The van der Waals surface area contributed by atoms with E-state index in [-0.39, 0.29) is 11.7 Å². The van der Waals surface area contributed by atoms with Crippen LogP contribution in [0.5, 0.6) is 5.75 Å². The largest absolute Gasteiger partial charge is 0.490 e. The van der Waals surface area contributed by atoms with E-state index in [0.29, 0.717) is 23.5 Å². The maximum Gasteiger partial charge on any atom is 0.337 e. The summed E-state index contributed by atoms with van der Waals surface area (Å²) < 4.78 is 24.9. The second-order valence-electron chi connectivity index (χ2n) is 5.35. The second kappa shape index (κ2) is 6.75. The highest BCUT2D eigenvalue weighted by molar-refractivity contribution is 5.89. The Bertz CT molecular complexity index is 713. The summed E-state index contributed by atoms with van der Waals surface area (Å²) in [5.41, 5.74) is 1.00. The molecule has 5 nitrogen and oxygen atoms in total. The van der Waals surface area contributed by atoms with Crippen LogP contribution in [-0.2, 0) is 4.74 Å². The standard InChI is InChI=1S/C17H16FNO4/c18-13-3-4-16(23-10-14-2-1-5-22-14)15(7-13)11-6-12(17(20)21)9-19-8-11/h3-4,6-9,14H,1-2,5,10H2,(H,20,21). The molecule has 0 bridgehead atoms. The van der Waals surface area contributed by atoms with E-state index in [0.717, 1.165) is 19.4 Å². The fourth-order valence-corrected chi connectivity index (χ4v) is 2.52. The molecule has 0 amide bonds. The van der Waals surface area contributed by atoms with Gasteiger partial charge in [0.25, 0.3) is 0 Å². The molecule has 0 aliphatic carbocycles. The van der Waals surface area contributed by atoms with Crippen molar-refractivity contribution in [3.05, 3.63) is 48.0 Å². The first-order valence-corrected chi connectivity index (χ1v) is 7.36. The number of ether oxygens (including phenoxy) is 2. The number of carboxylic acid groups (broad SMARTS) is 1. The van der Waals surface area contributed by atoms with Crippen LogP contribution in [0.3, 0.4) is 0 Å². The van der Waals surface area contributed by atoms with Crippen molar-refractivity contribution in [1.82, 2.24) is 4.98 Å². The Hall–Kier alpha value is -2.47. The fourth-order valence-electron chi connectivity index (χ4n) is 2.52. The number of aromatic nitrogens is 1. The lowest BCUT2D eigenvalue weighted by molar-refractivity contribution is 0.0681. The van der Waals surface area contributed by atoms with Crippen LogP contribution in [-0.4, -0.2) is 35.4 Å². The van der Waals surface area contributed by atoms with E-state index in [1.165, 1.54) is 36.7 Å². The summed E-state index contributed by atoms with van der Waals surface area (Å²) >= 11 is 0. The smallest absolute Gasteiger partial charge is 0.337 e. The van der Waals surface area contributed by atoms with Gasteiger partial charge < -0.3 is 14.6 Å². The predicted molar refractivity (Wildman–Crippen MR) is 81.1 cm³/mol. The Kier molecular flexibility index (Phi) is 4.52. The summed E-state index contributed by atoms with van der Waals surface area (Å²) in [6.45, 7) is 1.11. The highest BCUT2D eigenvalue weighted by Gasteiger charge is 2.18. The zero-order valence-electron chi connectivity index (χ0n) is 12.4. The average Bonchev–Trinajstić information content (AvgIpc) is 3.07. The molecule has 2 heterocycles. The van der Waals surface area contributed by atoms with Crippen LogP contribution >= 0.6 is 0 Å². The number of hydrogen-bond acceptors (Lipinski definition) is 4. The van der Waals surface area contributed by atoms with E-state index in [2.05, 4.69) is 4.98 Å². The summed E-state index contributed by atoms with van der Waals surface area (Å²) in [5.74, 6) is -1.03. The van der Waals surface area contributed by atoms with Crippen molar-refractivity contribution in [2.24, 2.45) is 0 Å². The summed E-state index contributed by atoms with van der Waals surface area (Å²) in [6.07, 6.45) is 4.72. The van der Waals surface area contributed by atoms with Crippen LogP contribution in [0.15, 0.2) is 36.7 Å². The van der Waals surface area contributed by atoms with Gasteiger partial charge in [0, 0.05) is 30.1 Å². The first kappa shape index (κ1) is 15.4. The average molecular weight is 317 g/mol. The van der Waals surface area contributed by atoms with Crippen LogP contribution in [0.2, 0.25) is 0 Å². The molecule has 2 aromatic rings. The first-order chi connectivity index (χ1) is 11.1. The topological polar surface area (TPSA) is 68.7 Å². The molecular weight excluding hydrogens is 301 g/mol. The van der Waals surface area contributed by atoms with Gasteiger partial charge in [-0.15, -0.1) is 0 Å². The van der Waals surface area contributed by atoms with Gasteiger partial charge in [0.15, 0.2) is 0 Å². The molecule has 120 valence electrons. The molecule has 1 fully saturated rings. The SMILES string of the molecule is O=C(O)c1cncc(-c2cc(F)ccc2OCC2CCCO2)c1. The van der Waals surface area contributed by atoms with Crippen LogP contribution in [0.25, 0.3) is 11.1 Å². The van der Waals surface area contributed by atoms with Gasteiger partial charge in [-0.3, -0.25) is 4.98 Å². The van der Waals surface area contributed by atoms with Gasteiger partial charge in [-0.2, -0.15) is 0 Å². The monoisotopic (exact) mass is 317 g/mol. The zero-order valence-corrected chi connectivity index (χ0v) is 12.4. The molecular formula is C17H16FNO4. The maximum atomic E-state index is 13.6. The van der Waals surface area contributed by atoms with Gasteiger partial charge in [-0.25, -0.2) is 9.18 Å². The van der Waals surface area contributed by atoms with Crippen molar-refractivity contribution >= 4 is 5.97 Å². The third-order valence-electron chi connectivity index (χ3n) is 3.69. The molecule has 6 heteroatoms. The molecule has 0 saturated carbocycles. The predicted octanol–water partition coefficient (Wildman–Crippen LogP) is 3.14. The van der Waals surface area contributed by atoms with E-state index in [4.69, 9.17) is 14.6 Å². The van der Waals surface area contributed by atoms with Crippen molar-refractivity contribution in [2.45, 2.75) is 18.9 Å². The Morgan fingerprint density at radius 2 is 2.26 bits per heavy atom. The third-order valence-corrected chi connectivity index (χ3v) is 3.69. The first-order valence-electron chi connectivity index (χ1n) is 7.36. The highest BCUT2D eigenvalue weighted by Crippen LogP contribution is 2.31. The molecule has 0 radical (unpaired) electrons. The lowest BCUT2D eigenvalue weighted by Crippen LogP contribution is -2.16. The van der Waals surface area contributed by atoms with Crippen molar-refractivity contribution in [1.29, 1.82) is 0 Å². The minimum Gasteiger partial charge on any atom is -0.490 e. The van der Waals surface area contributed by atoms with Crippen molar-refractivity contribution in [3.8, 4) is 16.9 Å². The van der Waals surface area contributed by atoms with E-state index in [1.807, 2.05) is 0 Å². The molecule has 0 spiro atoms. The molecule has 1 N–H and O–H groups in total. The van der Waals surface area contributed by atoms with Gasteiger partial charge in [0.2, 0.25) is 0 Å². The van der Waals surface area contributed by atoms with E-state index < -0.39 is 11.8 Å². The second-order valence-corrected chi connectivity index (χ2v) is 5.35. The summed E-state index contributed by atoms with van der Waals surface area (Å²) in [7, 11) is 0. The van der Waals surface area contributed by atoms with Gasteiger partial charge in [-0.05, 0) is 37.1 Å². The van der Waals surface area contributed by atoms with Gasteiger partial charge in [0.1, 0.15) is 18.2 Å². The Morgan fingerprint density at radius 3 is 3.00 bits per heavy atom. The van der Waals surface area contributed by atoms with Crippen LogP contribution in [0.1, 0.15) is 23.2 Å². The molecule has 3 rings (SSSR count). The number of nitrogens with zero attached hydrogens (tertiary/aromatic N) is 1. The number of hydrogen-bond donors (Lipinski definition) is 1. The molecule has 1 atom stereocenters. The number of pyridine rings is 1. The third kappa shape index (κ3) is 3.65. The van der Waals surface area contributed by atoms with Crippen molar-refractivity contribution in [3.63, 3.8) is 0 Å². The minimum absolute atomic E-state index is 0.0383. The van der Waals surface area contributed by atoms with E-state index in [1.54, 1.807) is 0 Å². The van der Waals surface area contributed by atoms with Crippen LogP contribution in [0.4, 0.5) is 4.39 Å². The summed E-state index contributed by atoms with van der Waals surface area (Å²) in [5, 5.41) is 9.07. The van der Waals surface area contributed by atoms with Crippen molar-refractivity contribution in [2.75, 3.05) is 13.2 Å². The number of carbonyl (C=O) groups is 1. The zero-order chi connectivity index (χ0) is 16.2. The van der Waals surface area contributed by atoms with E-state index >= 15 is 0 Å². The quantitative estimate of drug-likeness (QED) is 0.917. The van der Waals surface area contributed by atoms with Gasteiger partial charge in [0.05, 0.1) is 11.7 Å². The summed E-state index contributed by atoms with van der Waals surface area (Å²) in [6, 6.07) is 5.60. The normalized spacial score (nSPS) is 17.2. The number of benzene rings is 1. The molecule has 1 aromatic heterocycles. The fraction of sp³-hybridized carbons (Fsp3) is 0.294. The van der Waals surface area contributed by atoms with E-state index in [9.17, 15) is 9.18 Å². The number of halogens is 1. The lowest BCUT2D eigenvalue weighted by Gasteiger charge is -2.15. The summed E-state index contributed by atoms with van der Waals surface area (Å²) in [4.78, 5) is 15.0. The van der Waals surface area contributed by atoms with Crippen LogP contribution < -0.4 is 4.74 Å². The number of aromatic carboxylic acids is 1. The maximum absolute atomic E-state index is 13.6. The number of rotatable bonds is 5. The molecule has 1 unspecified atom stereocenters. The molecule has 1 aliphatic rings. The Morgan fingerprint density at radius 1 is 1.39 bits per heavy atom. The Balaban J connectivity index is 1.89. The molecule has 1 aromatic carbocycles. The van der Waals surface area contributed by atoms with Gasteiger partial charge in [-0.1, -0.05) is 0 Å². The molecule has 1 aliphatic heterocycles. The lowest BCUT2D eigenvalue weighted by atomic mass is 10.0. The Labute approximate surface area is 132 Å². The highest BCUT2D eigenvalue weighted by atomic mass is 19.1. The van der Waals surface area contributed by atoms with Crippen molar-refractivity contribution < 1.29 is 23.8 Å². The number of carboxylic acids is 1. The minimum atomic E-state index is -1.09. The van der Waals surface area contributed by atoms with Gasteiger partial charge >= 0.3 is 5.97 Å². The molecule has 23 heavy (non-hydrogen) atoms.